The van der Waals surface area contributed by atoms with Crippen molar-refractivity contribution in [2.24, 2.45) is 5.92 Å². The van der Waals surface area contributed by atoms with Gasteiger partial charge < -0.3 is 24.0 Å². The van der Waals surface area contributed by atoms with Gasteiger partial charge in [-0.1, -0.05) is 13.0 Å². The lowest BCUT2D eigenvalue weighted by Gasteiger charge is -2.33. The number of hydrogen-bond donors (Lipinski definition) is 0. The molecule has 1 unspecified atom stereocenters. The minimum Gasteiger partial charge on any atom is -0.493 e. The van der Waals surface area contributed by atoms with E-state index in [0.29, 0.717) is 29.8 Å². The highest BCUT2D eigenvalue weighted by atomic mass is 35.5. The summed E-state index contributed by atoms with van der Waals surface area (Å²) < 4.78 is 16.7. The van der Waals surface area contributed by atoms with Crippen LogP contribution < -0.4 is 14.2 Å². The lowest BCUT2D eigenvalue weighted by Crippen LogP contribution is -2.46. The Bertz CT molecular complexity index is 443. The smallest absolute Gasteiger partial charge is 0.203 e. The van der Waals surface area contributed by atoms with E-state index in [9.17, 15) is 0 Å². The molecule has 0 N–H and O–H groups in total. The highest BCUT2D eigenvalue weighted by Gasteiger charge is 2.18. The van der Waals surface area contributed by atoms with Crippen molar-refractivity contribution in [3.63, 3.8) is 0 Å². The molecule has 1 fully saturated rings. The van der Waals surface area contributed by atoms with Crippen LogP contribution in [0.15, 0.2) is 18.2 Å². The maximum atomic E-state index is 5.99. The minimum absolute atomic E-state index is 0. The van der Waals surface area contributed by atoms with Crippen LogP contribution in [0, 0.1) is 5.92 Å². The zero-order valence-electron chi connectivity index (χ0n) is 14.6. The van der Waals surface area contributed by atoms with E-state index < -0.39 is 0 Å². The molecule has 1 aromatic rings. The normalized spacial score (nSPS) is 17.2. The molecule has 132 valence electrons. The number of nitrogens with zero attached hydrogens (tertiary/aromatic N) is 2. The van der Waals surface area contributed by atoms with Crippen LogP contribution in [0.5, 0.6) is 17.2 Å². The summed E-state index contributed by atoms with van der Waals surface area (Å²) in [5.41, 5.74) is 0. The monoisotopic (exact) mass is 344 g/mol. The van der Waals surface area contributed by atoms with Crippen LogP contribution in [0.2, 0.25) is 0 Å². The van der Waals surface area contributed by atoms with E-state index in [4.69, 9.17) is 14.2 Å². The molecule has 1 aliphatic heterocycles. The second kappa shape index (κ2) is 9.85. The van der Waals surface area contributed by atoms with Crippen LogP contribution in [-0.2, 0) is 0 Å². The Morgan fingerprint density at radius 1 is 1.04 bits per heavy atom. The maximum Gasteiger partial charge on any atom is 0.203 e. The summed E-state index contributed by atoms with van der Waals surface area (Å²) in [6.45, 7) is 8.51. The number of para-hydroxylation sites is 1. The number of halogens is 1. The quantitative estimate of drug-likeness (QED) is 0.758. The lowest BCUT2D eigenvalue weighted by atomic mass is 10.1. The number of likely N-dealkylation sites (N-methyl/N-ethyl adjacent to an activating group) is 1. The summed E-state index contributed by atoms with van der Waals surface area (Å²) in [6, 6.07) is 5.68. The Balaban J connectivity index is 0.00000264. The van der Waals surface area contributed by atoms with Gasteiger partial charge in [-0.15, -0.1) is 12.4 Å². The van der Waals surface area contributed by atoms with Gasteiger partial charge in [0, 0.05) is 38.6 Å². The zero-order chi connectivity index (χ0) is 15.9. The molecule has 23 heavy (non-hydrogen) atoms. The topological polar surface area (TPSA) is 34.2 Å². The molecule has 1 atom stereocenters. The molecule has 0 aliphatic carbocycles. The highest BCUT2D eigenvalue weighted by Crippen LogP contribution is 2.36. The van der Waals surface area contributed by atoms with Gasteiger partial charge in [-0.2, -0.15) is 0 Å². The highest BCUT2D eigenvalue weighted by molar-refractivity contribution is 5.85. The fourth-order valence-corrected chi connectivity index (χ4v) is 2.71. The first-order valence-corrected chi connectivity index (χ1v) is 7.88. The molecule has 2 rings (SSSR count). The second-order valence-electron chi connectivity index (χ2n) is 6.01. The van der Waals surface area contributed by atoms with E-state index in [2.05, 4.69) is 23.8 Å². The molecule has 0 aromatic heterocycles. The number of rotatable bonds is 7. The molecule has 5 nitrogen and oxygen atoms in total. The fraction of sp³-hybridized carbons (Fsp3) is 0.647. The van der Waals surface area contributed by atoms with Crippen LogP contribution in [0.25, 0.3) is 0 Å². The van der Waals surface area contributed by atoms with Gasteiger partial charge in [0.15, 0.2) is 11.5 Å². The Morgan fingerprint density at radius 3 is 2.13 bits per heavy atom. The van der Waals surface area contributed by atoms with Crippen molar-refractivity contribution in [3.8, 4) is 17.2 Å². The van der Waals surface area contributed by atoms with Crippen LogP contribution in [0.1, 0.15) is 6.92 Å². The molecule has 1 saturated heterocycles. The van der Waals surface area contributed by atoms with Gasteiger partial charge in [-0.3, -0.25) is 0 Å². The summed E-state index contributed by atoms with van der Waals surface area (Å²) in [5.74, 6) is 2.58. The van der Waals surface area contributed by atoms with Gasteiger partial charge >= 0.3 is 0 Å². The van der Waals surface area contributed by atoms with Gasteiger partial charge in [-0.25, -0.2) is 0 Å². The van der Waals surface area contributed by atoms with E-state index >= 15 is 0 Å². The third kappa shape index (κ3) is 5.75. The molecule has 0 spiro atoms. The van der Waals surface area contributed by atoms with Crippen molar-refractivity contribution in [1.29, 1.82) is 0 Å². The number of benzene rings is 1. The number of methoxy groups -OCH3 is 2. The van der Waals surface area contributed by atoms with E-state index in [1.807, 2.05) is 18.2 Å². The number of ether oxygens (including phenoxy) is 3. The van der Waals surface area contributed by atoms with Crippen molar-refractivity contribution < 1.29 is 14.2 Å². The van der Waals surface area contributed by atoms with Crippen molar-refractivity contribution in [3.05, 3.63) is 18.2 Å². The summed E-state index contributed by atoms with van der Waals surface area (Å²) in [4.78, 5) is 4.88. The van der Waals surface area contributed by atoms with E-state index in [0.717, 1.165) is 32.7 Å². The maximum absolute atomic E-state index is 5.99. The molecule has 0 amide bonds. The fourth-order valence-electron chi connectivity index (χ4n) is 2.71. The molecule has 6 heteroatoms. The van der Waals surface area contributed by atoms with Gasteiger partial charge in [0.2, 0.25) is 5.75 Å². The predicted molar refractivity (Wildman–Crippen MR) is 95.4 cm³/mol. The molecule has 0 radical (unpaired) electrons. The van der Waals surface area contributed by atoms with Crippen LogP contribution in [0.4, 0.5) is 0 Å². The molecule has 0 saturated carbocycles. The molecule has 1 heterocycles. The second-order valence-corrected chi connectivity index (χ2v) is 6.01. The van der Waals surface area contributed by atoms with Gasteiger partial charge in [-0.05, 0) is 19.2 Å². The van der Waals surface area contributed by atoms with Gasteiger partial charge in [0.25, 0.3) is 0 Å². The Hall–Kier alpha value is -1.17. The van der Waals surface area contributed by atoms with E-state index in [1.54, 1.807) is 14.2 Å². The minimum atomic E-state index is 0. The third-order valence-electron chi connectivity index (χ3n) is 4.06. The lowest BCUT2D eigenvalue weighted by molar-refractivity contribution is 0.122. The summed E-state index contributed by atoms with van der Waals surface area (Å²) >= 11 is 0. The summed E-state index contributed by atoms with van der Waals surface area (Å²) in [7, 11) is 5.47. The van der Waals surface area contributed by atoms with Crippen LogP contribution in [-0.4, -0.2) is 70.4 Å². The number of piperazine rings is 1. The SMILES string of the molecule is COc1cccc(OC)c1OCC(C)CN1CCN(C)CC1.Cl. The number of hydrogen-bond acceptors (Lipinski definition) is 5. The molecular weight excluding hydrogens is 316 g/mol. The molecular formula is C17H29ClN2O3. The molecule has 1 aromatic carbocycles. The summed E-state index contributed by atoms with van der Waals surface area (Å²) in [6.07, 6.45) is 0. The standard InChI is InChI=1S/C17H28N2O3.ClH/c1-14(12-19-10-8-18(2)9-11-19)13-22-17-15(20-3)6-5-7-16(17)21-4;/h5-7,14H,8-13H2,1-4H3;1H. The third-order valence-corrected chi connectivity index (χ3v) is 4.06. The Kier molecular flexibility index (Phi) is 8.52. The van der Waals surface area contributed by atoms with Crippen molar-refractivity contribution in [2.75, 3.05) is 60.6 Å². The first kappa shape index (κ1) is 19.9. The van der Waals surface area contributed by atoms with Gasteiger partial charge in [0.1, 0.15) is 0 Å². The van der Waals surface area contributed by atoms with E-state index in [1.165, 1.54) is 0 Å². The van der Waals surface area contributed by atoms with Crippen molar-refractivity contribution >= 4 is 12.4 Å². The molecule has 1 aliphatic rings. The Morgan fingerprint density at radius 2 is 1.61 bits per heavy atom. The first-order chi connectivity index (χ1) is 10.6. The summed E-state index contributed by atoms with van der Waals surface area (Å²) in [5, 5.41) is 0. The molecule has 0 bridgehead atoms. The Labute approximate surface area is 145 Å². The van der Waals surface area contributed by atoms with E-state index in [-0.39, 0.29) is 12.4 Å². The zero-order valence-corrected chi connectivity index (χ0v) is 15.4. The van der Waals surface area contributed by atoms with Crippen LogP contribution in [0.3, 0.4) is 0 Å². The first-order valence-electron chi connectivity index (χ1n) is 7.88. The average molecular weight is 345 g/mol. The van der Waals surface area contributed by atoms with Crippen molar-refractivity contribution in [2.45, 2.75) is 6.92 Å². The largest absolute Gasteiger partial charge is 0.493 e. The average Bonchev–Trinajstić information content (AvgIpc) is 2.54. The van der Waals surface area contributed by atoms with Gasteiger partial charge in [0.05, 0.1) is 20.8 Å². The van der Waals surface area contributed by atoms with Crippen LogP contribution >= 0.6 is 12.4 Å². The predicted octanol–water partition coefficient (Wildman–Crippen LogP) is 2.39. The van der Waals surface area contributed by atoms with Crippen molar-refractivity contribution in [1.82, 2.24) is 9.80 Å².